The van der Waals surface area contributed by atoms with E-state index in [-0.39, 0.29) is 17.4 Å². The Morgan fingerprint density at radius 3 is 2.42 bits per heavy atom. The van der Waals surface area contributed by atoms with Gasteiger partial charge in [-0.15, -0.1) is 0 Å². The van der Waals surface area contributed by atoms with Gasteiger partial charge in [0.25, 0.3) is 6.43 Å². The normalized spacial score (nSPS) is 16.5. The first kappa shape index (κ1) is 26.1. The lowest BCUT2D eigenvalue weighted by atomic mass is 10.0. The van der Waals surface area contributed by atoms with Crippen molar-refractivity contribution in [2.75, 3.05) is 30.7 Å². The van der Waals surface area contributed by atoms with E-state index in [4.69, 9.17) is 0 Å². The van der Waals surface area contributed by atoms with Gasteiger partial charge in [-0.2, -0.15) is 0 Å². The smallest absolute Gasteiger partial charge is 0.266 e. The number of hydrogen-bond donors (Lipinski definition) is 1. The molecule has 0 unspecified atom stereocenters. The maximum Gasteiger partial charge on any atom is 0.266 e. The average Bonchev–Trinajstić information content (AvgIpc) is 2.83. The van der Waals surface area contributed by atoms with E-state index in [1.54, 1.807) is 31.0 Å². The summed E-state index contributed by atoms with van der Waals surface area (Å²) in [6.07, 6.45) is -0.714. The van der Waals surface area contributed by atoms with E-state index < -0.39 is 31.0 Å². The molecule has 0 bridgehead atoms. The molecule has 1 amide bonds. The lowest BCUT2D eigenvalue weighted by molar-refractivity contribution is -0.134. The highest BCUT2D eigenvalue weighted by atomic mass is 31.2. The molecule has 1 saturated heterocycles. The Labute approximate surface area is 207 Å². The van der Waals surface area contributed by atoms with Crippen LogP contribution in [0.5, 0.6) is 0 Å². The summed E-state index contributed by atoms with van der Waals surface area (Å²) < 4.78 is 54.9. The van der Waals surface area contributed by atoms with Crippen LogP contribution in [0.4, 0.5) is 19.0 Å². The van der Waals surface area contributed by atoms with E-state index in [9.17, 15) is 22.5 Å². The van der Waals surface area contributed by atoms with E-state index in [0.717, 1.165) is 6.07 Å². The molecular formula is C25H29F3N5O2P. The SMILES string of the molecule is Cc1nc(N[C@H](C)c2cccc(C(F)F)c2F)c2cc(P3(=O)CCN(C(=O)C(C)C)CC3)ncc2n1. The molecule has 1 N–H and O–H groups in total. The van der Waals surface area contributed by atoms with Crippen LogP contribution in [-0.2, 0) is 9.36 Å². The topological polar surface area (TPSA) is 88.1 Å². The first-order chi connectivity index (χ1) is 17.0. The number of carbonyl (C=O) groups is 1. The van der Waals surface area contributed by atoms with E-state index in [1.807, 2.05) is 13.8 Å². The molecule has 3 aromatic rings. The molecule has 0 aliphatic carbocycles. The molecule has 36 heavy (non-hydrogen) atoms. The van der Waals surface area contributed by atoms with Gasteiger partial charge in [-0.1, -0.05) is 32.0 Å². The number of alkyl halides is 2. The van der Waals surface area contributed by atoms with Crippen molar-refractivity contribution in [2.45, 2.75) is 40.2 Å². The van der Waals surface area contributed by atoms with Gasteiger partial charge in [-0.05, 0) is 19.9 Å². The highest BCUT2D eigenvalue weighted by Gasteiger charge is 2.34. The van der Waals surface area contributed by atoms with E-state index >= 15 is 0 Å². The third-order valence-corrected chi connectivity index (χ3v) is 9.40. The maximum absolute atomic E-state index is 14.7. The van der Waals surface area contributed by atoms with Crippen molar-refractivity contribution >= 4 is 35.2 Å². The largest absolute Gasteiger partial charge is 0.363 e. The summed E-state index contributed by atoms with van der Waals surface area (Å²) in [5.41, 5.74) is 0.377. The number of anilines is 1. The molecule has 2 aromatic heterocycles. The molecule has 1 fully saturated rings. The first-order valence-electron chi connectivity index (χ1n) is 11.8. The molecular weight excluding hydrogens is 490 g/mol. The molecule has 192 valence electrons. The van der Waals surface area contributed by atoms with Crippen LogP contribution in [0.25, 0.3) is 10.9 Å². The third kappa shape index (κ3) is 5.09. The molecule has 0 saturated carbocycles. The summed E-state index contributed by atoms with van der Waals surface area (Å²) in [6, 6.07) is 4.92. The van der Waals surface area contributed by atoms with Crippen molar-refractivity contribution in [3.63, 3.8) is 0 Å². The Hall–Kier alpha value is -3.00. The summed E-state index contributed by atoms with van der Waals surface area (Å²) in [4.78, 5) is 27.4. The van der Waals surface area contributed by atoms with Crippen LogP contribution in [0.15, 0.2) is 30.5 Å². The van der Waals surface area contributed by atoms with E-state index in [2.05, 4.69) is 20.3 Å². The van der Waals surface area contributed by atoms with Gasteiger partial charge in [0.15, 0.2) is 0 Å². The zero-order valence-corrected chi connectivity index (χ0v) is 21.5. The van der Waals surface area contributed by atoms with Gasteiger partial charge in [-0.25, -0.2) is 23.1 Å². The number of pyridine rings is 1. The fourth-order valence-electron chi connectivity index (χ4n) is 4.43. The van der Waals surface area contributed by atoms with Crippen molar-refractivity contribution < 1.29 is 22.5 Å². The summed E-state index contributed by atoms with van der Waals surface area (Å²) >= 11 is 0. The van der Waals surface area contributed by atoms with Gasteiger partial charge in [0.1, 0.15) is 30.0 Å². The number of hydrogen-bond acceptors (Lipinski definition) is 6. The average molecular weight is 520 g/mol. The van der Waals surface area contributed by atoms with Crippen LogP contribution >= 0.6 is 7.14 Å². The minimum absolute atomic E-state index is 0.0419. The van der Waals surface area contributed by atoms with Gasteiger partial charge >= 0.3 is 0 Å². The maximum atomic E-state index is 14.7. The number of rotatable bonds is 6. The summed E-state index contributed by atoms with van der Waals surface area (Å²) in [7, 11) is -2.86. The number of halogens is 3. The molecule has 3 heterocycles. The molecule has 1 atom stereocenters. The van der Waals surface area contributed by atoms with Crippen molar-refractivity contribution in [3.05, 3.63) is 53.2 Å². The van der Waals surface area contributed by atoms with E-state index in [0.29, 0.717) is 53.4 Å². The number of benzene rings is 1. The van der Waals surface area contributed by atoms with Gasteiger partial charge in [0, 0.05) is 42.3 Å². The number of nitrogens with one attached hydrogen (secondary N) is 1. The molecule has 0 spiro atoms. The number of nitrogens with zero attached hydrogens (tertiary/aromatic N) is 4. The Kier molecular flexibility index (Phi) is 7.36. The predicted molar refractivity (Wildman–Crippen MR) is 134 cm³/mol. The molecule has 0 radical (unpaired) electrons. The number of aromatic nitrogens is 3. The standard InChI is InChI=1S/C25H29F3N5O2P/c1-14(2)25(34)33-8-10-36(35,11-9-33)21-12-19-20(13-29-21)31-16(4)32-24(19)30-15(3)17-6-5-7-18(22(17)26)23(27)28/h5-7,12-15,23H,8-11H2,1-4H3,(H,30,31,32)/t15-/m1/s1. The molecule has 1 aliphatic heterocycles. The number of carbonyl (C=O) groups excluding carboxylic acids is 1. The zero-order chi connectivity index (χ0) is 26.2. The zero-order valence-electron chi connectivity index (χ0n) is 20.6. The van der Waals surface area contributed by atoms with Gasteiger partial charge in [-0.3, -0.25) is 9.78 Å². The highest BCUT2D eigenvalue weighted by molar-refractivity contribution is 7.71. The molecule has 1 aliphatic rings. The predicted octanol–water partition coefficient (Wildman–Crippen LogP) is 5.07. The van der Waals surface area contributed by atoms with Crippen molar-refractivity contribution in [2.24, 2.45) is 5.92 Å². The fraction of sp³-hybridized carbons (Fsp3) is 0.440. The Bertz CT molecular complexity index is 1340. The second-order valence-corrected chi connectivity index (χ2v) is 12.5. The van der Waals surface area contributed by atoms with Crippen LogP contribution in [-0.4, -0.2) is 51.2 Å². The van der Waals surface area contributed by atoms with Crippen molar-refractivity contribution in [1.29, 1.82) is 0 Å². The Morgan fingerprint density at radius 2 is 1.78 bits per heavy atom. The molecule has 4 rings (SSSR count). The second-order valence-electron chi connectivity index (χ2n) is 9.41. The number of amides is 1. The van der Waals surface area contributed by atoms with Gasteiger partial charge < -0.3 is 14.8 Å². The Morgan fingerprint density at radius 1 is 1.11 bits per heavy atom. The van der Waals surface area contributed by atoms with Gasteiger partial charge in [0.05, 0.1) is 23.3 Å². The first-order valence-corrected chi connectivity index (χ1v) is 13.9. The van der Waals surface area contributed by atoms with E-state index in [1.165, 1.54) is 12.1 Å². The highest BCUT2D eigenvalue weighted by Crippen LogP contribution is 2.46. The van der Waals surface area contributed by atoms with Crippen LogP contribution in [0.2, 0.25) is 0 Å². The second kappa shape index (κ2) is 10.2. The minimum atomic E-state index is -2.92. The third-order valence-electron chi connectivity index (χ3n) is 6.48. The van der Waals surface area contributed by atoms with Crippen LogP contribution in [0, 0.1) is 18.7 Å². The molecule has 7 nitrogen and oxygen atoms in total. The van der Waals surface area contributed by atoms with Crippen molar-refractivity contribution in [1.82, 2.24) is 19.9 Å². The Balaban J connectivity index is 1.65. The summed E-state index contributed by atoms with van der Waals surface area (Å²) in [6.45, 7) is 7.84. The van der Waals surface area contributed by atoms with Crippen LogP contribution in [0.3, 0.4) is 0 Å². The summed E-state index contributed by atoms with van der Waals surface area (Å²) in [5, 5.41) is 3.67. The molecule has 11 heteroatoms. The fourth-order valence-corrected chi connectivity index (χ4v) is 6.87. The molecule has 1 aromatic carbocycles. The van der Waals surface area contributed by atoms with Crippen LogP contribution < -0.4 is 10.8 Å². The monoisotopic (exact) mass is 519 g/mol. The minimum Gasteiger partial charge on any atom is -0.363 e. The lowest BCUT2D eigenvalue weighted by Gasteiger charge is -2.33. The van der Waals surface area contributed by atoms with Gasteiger partial charge in [0.2, 0.25) is 5.91 Å². The number of aryl methyl sites for hydroxylation is 1. The number of fused-ring (bicyclic) bond motifs is 1. The summed E-state index contributed by atoms with van der Waals surface area (Å²) in [5.74, 6) is -0.225. The van der Waals surface area contributed by atoms with Crippen molar-refractivity contribution in [3.8, 4) is 0 Å². The lowest BCUT2D eigenvalue weighted by Crippen LogP contribution is -2.43. The quantitative estimate of drug-likeness (QED) is 0.458. The van der Waals surface area contributed by atoms with Crippen LogP contribution in [0.1, 0.15) is 50.2 Å².